The van der Waals surface area contributed by atoms with E-state index in [2.05, 4.69) is 25.3 Å². The molecule has 8 heteroatoms. The summed E-state index contributed by atoms with van der Waals surface area (Å²) < 4.78 is 15.4. The van der Waals surface area contributed by atoms with Gasteiger partial charge in [-0.25, -0.2) is 0 Å². The highest BCUT2D eigenvalue weighted by Gasteiger charge is 2.10. The van der Waals surface area contributed by atoms with Gasteiger partial charge in [0.25, 0.3) is 5.89 Å². The third-order valence-electron chi connectivity index (χ3n) is 2.95. The smallest absolute Gasteiger partial charge is 0.276 e. The largest absolute Gasteiger partial charge is 0.382 e. The molecule has 0 aliphatic heterocycles. The van der Waals surface area contributed by atoms with E-state index >= 15 is 0 Å². The molecule has 22 heavy (non-hydrogen) atoms. The Hall–Kier alpha value is -2.58. The van der Waals surface area contributed by atoms with E-state index in [1.165, 1.54) is 0 Å². The first-order valence-electron chi connectivity index (χ1n) is 6.71. The first-order chi connectivity index (χ1) is 10.9. The van der Waals surface area contributed by atoms with Crippen LogP contribution in [0.2, 0.25) is 0 Å². The molecule has 0 aromatic carbocycles. The third-order valence-corrected chi connectivity index (χ3v) is 2.95. The van der Waals surface area contributed by atoms with E-state index in [9.17, 15) is 0 Å². The van der Waals surface area contributed by atoms with Crippen molar-refractivity contribution in [1.29, 1.82) is 0 Å². The van der Waals surface area contributed by atoms with Crippen LogP contribution in [0.25, 0.3) is 22.7 Å². The summed E-state index contributed by atoms with van der Waals surface area (Å²) in [6, 6.07) is 3.75. The van der Waals surface area contributed by atoms with Gasteiger partial charge in [-0.05, 0) is 6.07 Å². The average molecular weight is 301 g/mol. The average Bonchev–Trinajstić information content (AvgIpc) is 3.23. The first-order valence-corrected chi connectivity index (χ1v) is 6.71. The Bertz CT molecular complexity index is 694. The molecule has 3 aromatic rings. The molecule has 0 amide bonds. The third kappa shape index (κ3) is 3.35. The molecule has 0 fully saturated rings. The molecule has 3 rings (SSSR count). The summed E-state index contributed by atoms with van der Waals surface area (Å²) in [4.78, 5) is 8.58. The molecule has 0 spiro atoms. The molecule has 3 heterocycles. The maximum absolute atomic E-state index is 5.34. The number of hydrogen-bond acceptors (Lipinski definition) is 7. The fraction of sp³-hybridized carbons (Fsp3) is 0.286. The lowest BCUT2D eigenvalue weighted by Gasteiger charge is -1.98. The Labute approximate surface area is 126 Å². The van der Waals surface area contributed by atoms with Gasteiger partial charge in [-0.15, -0.1) is 0 Å². The number of methoxy groups -OCH3 is 1. The van der Waals surface area contributed by atoms with Gasteiger partial charge >= 0.3 is 0 Å². The van der Waals surface area contributed by atoms with E-state index in [0.717, 1.165) is 11.1 Å². The monoisotopic (exact) mass is 301 g/mol. The van der Waals surface area contributed by atoms with Crippen LogP contribution < -0.4 is 0 Å². The molecule has 0 aliphatic carbocycles. The van der Waals surface area contributed by atoms with Crippen molar-refractivity contribution in [2.24, 2.45) is 0 Å². The van der Waals surface area contributed by atoms with Gasteiger partial charge in [0, 0.05) is 30.6 Å². The lowest BCUT2D eigenvalue weighted by Crippen LogP contribution is -2.02. The van der Waals surface area contributed by atoms with Crippen LogP contribution in [0.1, 0.15) is 5.82 Å². The predicted octanol–water partition coefficient (Wildman–Crippen LogP) is 1.68. The van der Waals surface area contributed by atoms with Crippen molar-refractivity contribution in [2.75, 3.05) is 20.3 Å². The van der Waals surface area contributed by atoms with E-state index < -0.39 is 0 Å². The molecule has 0 radical (unpaired) electrons. The molecular weight excluding hydrogens is 286 g/mol. The highest BCUT2D eigenvalue weighted by atomic mass is 16.5. The quantitative estimate of drug-likeness (QED) is 0.663. The van der Waals surface area contributed by atoms with Gasteiger partial charge < -0.3 is 14.0 Å². The zero-order valence-electron chi connectivity index (χ0n) is 12.0. The van der Waals surface area contributed by atoms with Crippen LogP contribution in [0.3, 0.4) is 0 Å². The fourth-order valence-corrected chi connectivity index (χ4v) is 1.82. The van der Waals surface area contributed by atoms with Crippen LogP contribution in [0.15, 0.2) is 35.2 Å². The van der Waals surface area contributed by atoms with Crippen molar-refractivity contribution in [1.82, 2.24) is 25.3 Å². The van der Waals surface area contributed by atoms with Gasteiger partial charge in [0.15, 0.2) is 5.82 Å². The van der Waals surface area contributed by atoms with Crippen molar-refractivity contribution in [3.05, 3.63) is 36.5 Å². The molecule has 0 unspecified atom stereocenters. The Morgan fingerprint density at radius 1 is 1.18 bits per heavy atom. The summed E-state index contributed by atoms with van der Waals surface area (Å²) in [5.74, 6) is 0.843. The van der Waals surface area contributed by atoms with Gasteiger partial charge in [0.1, 0.15) is 12.3 Å². The Balaban J connectivity index is 1.65. The van der Waals surface area contributed by atoms with Crippen LogP contribution in [0.4, 0.5) is 0 Å². The summed E-state index contributed by atoms with van der Waals surface area (Å²) in [6.07, 6.45) is 5.27. The second-order valence-electron chi connectivity index (χ2n) is 4.48. The van der Waals surface area contributed by atoms with Crippen LogP contribution in [-0.2, 0) is 16.1 Å². The molecule has 114 valence electrons. The molecule has 1 N–H and O–H groups in total. The van der Waals surface area contributed by atoms with Crippen LogP contribution in [0, 0.1) is 0 Å². The van der Waals surface area contributed by atoms with Crippen molar-refractivity contribution >= 4 is 0 Å². The first kappa shape index (κ1) is 14.4. The Kier molecular flexibility index (Phi) is 4.52. The molecule has 0 atom stereocenters. The molecule has 0 saturated carbocycles. The number of nitrogens with zero attached hydrogens (tertiary/aromatic N) is 4. The minimum atomic E-state index is 0.278. The van der Waals surface area contributed by atoms with E-state index in [0.29, 0.717) is 30.6 Å². The lowest BCUT2D eigenvalue weighted by molar-refractivity contribution is 0.0578. The number of aromatic amines is 1. The molecule has 0 saturated heterocycles. The predicted molar refractivity (Wildman–Crippen MR) is 76.6 cm³/mol. The van der Waals surface area contributed by atoms with Crippen LogP contribution >= 0.6 is 0 Å². The van der Waals surface area contributed by atoms with Crippen LogP contribution in [-0.4, -0.2) is 45.6 Å². The minimum Gasteiger partial charge on any atom is -0.382 e. The van der Waals surface area contributed by atoms with E-state index in [4.69, 9.17) is 14.0 Å². The molecule has 0 aliphatic rings. The van der Waals surface area contributed by atoms with E-state index in [-0.39, 0.29) is 6.61 Å². The molecule has 8 nitrogen and oxygen atoms in total. The number of hydrogen-bond donors (Lipinski definition) is 1. The zero-order chi connectivity index (χ0) is 15.2. The van der Waals surface area contributed by atoms with Crippen molar-refractivity contribution in [3.8, 4) is 22.7 Å². The normalized spacial score (nSPS) is 11.0. The van der Waals surface area contributed by atoms with Gasteiger partial charge in [-0.2, -0.15) is 10.1 Å². The zero-order valence-corrected chi connectivity index (χ0v) is 12.0. The molecule has 0 bridgehead atoms. The summed E-state index contributed by atoms with van der Waals surface area (Å²) in [7, 11) is 1.62. The maximum Gasteiger partial charge on any atom is 0.276 e. The standard InChI is InChI=1S/C14H15N5O3/c1-20-4-5-21-9-13-18-14(22-19-13)12-3-2-10(6-15-12)11-7-16-17-8-11/h2-3,6-8H,4-5,9H2,1H3,(H,16,17). The summed E-state index contributed by atoms with van der Waals surface area (Å²) in [6.45, 7) is 1.29. The second-order valence-corrected chi connectivity index (χ2v) is 4.48. The Morgan fingerprint density at radius 2 is 2.14 bits per heavy atom. The molecule has 3 aromatic heterocycles. The van der Waals surface area contributed by atoms with E-state index in [1.54, 1.807) is 25.7 Å². The fourth-order valence-electron chi connectivity index (χ4n) is 1.82. The van der Waals surface area contributed by atoms with Crippen molar-refractivity contribution < 1.29 is 14.0 Å². The van der Waals surface area contributed by atoms with E-state index in [1.807, 2.05) is 12.1 Å². The number of pyridine rings is 1. The van der Waals surface area contributed by atoms with Gasteiger partial charge in [0.2, 0.25) is 0 Å². The number of H-pyrrole nitrogens is 1. The maximum atomic E-state index is 5.34. The second kappa shape index (κ2) is 6.92. The topological polar surface area (TPSA) is 99.0 Å². The SMILES string of the molecule is COCCOCc1noc(-c2ccc(-c3cn[nH]c3)cn2)n1. The number of aromatic nitrogens is 5. The van der Waals surface area contributed by atoms with Gasteiger partial charge in [-0.3, -0.25) is 10.1 Å². The number of ether oxygens (including phenoxy) is 2. The summed E-state index contributed by atoms with van der Waals surface area (Å²) in [5.41, 5.74) is 2.54. The van der Waals surface area contributed by atoms with Crippen molar-refractivity contribution in [2.45, 2.75) is 6.61 Å². The summed E-state index contributed by atoms with van der Waals surface area (Å²) in [5, 5.41) is 10.5. The van der Waals surface area contributed by atoms with Crippen LogP contribution in [0.5, 0.6) is 0 Å². The van der Waals surface area contributed by atoms with Gasteiger partial charge in [0.05, 0.1) is 19.4 Å². The highest BCUT2D eigenvalue weighted by Crippen LogP contribution is 2.20. The highest BCUT2D eigenvalue weighted by molar-refractivity contribution is 5.62. The minimum absolute atomic E-state index is 0.278. The molecular formula is C14H15N5O3. The van der Waals surface area contributed by atoms with Crippen molar-refractivity contribution in [3.63, 3.8) is 0 Å². The Morgan fingerprint density at radius 3 is 2.86 bits per heavy atom. The number of rotatable bonds is 7. The lowest BCUT2D eigenvalue weighted by atomic mass is 10.1. The summed E-state index contributed by atoms with van der Waals surface area (Å²) >= 11 is 0. The number of nitrogens with one attached hydrogen (secondary N) is 1. The van der Waals surface area contributed by atoms with Gasteiger partial charge in [-0.1, -0.05) is 11.2 Å².